The molecule has 20 heavy (non-hydrogen) atoms. The quantitative estimate of drug-likeness (QED) is 0.617. The Balaban J connectivity index is 2.45. The van der Waals surface area contributed by atoms with E-state index in [1.54, 1.807) is 0 Å². The summed E-state index contributed by atoms with van der Waals surface area (Å²) in [6, 6.07) is 3.52. The molecule has 1 aliphatic carbocycles. The van der Waals surface area contributed by atoms with Gasteiger partial charge in [0.1, 0.15) is 0 Å². The third kappa shape index (κ3) is 3.54. The van der Waals surface area contributed by atoms with Gasteiger partial charge in [-0.1, -0.05) is 31.4 Å². The Morgan fingerprint density at radius 3 is 2.15 bits per heavy atom. The molecule has 0 unspecified atom stereocenters. The molecule has 0 radical (unpaired) electrons. The molecule has 112 valence electrons. The van der Waals surface area contributed by atoms with Crippen LogP contribution in [0.4, 0.5) is 13.2 Å². The first-order valence-electron chi connectivity index (χ1n) is 6.55. The monoisotopic (exact) mass is 352 g/mol. The second-order valence-corrected chi connectivity index (χ2v) is 6.33. The summed E-state index contributed by atoms with van der Waals surface area (Å²) >= 11 is 2.55. The zero-order valence-electron chi connectivity index (χ0n) is 10.8. The average molecular weight is 353 g/mol. The Morgan fingerprint density at radius 1 is 1.05 bits per heavy atom. The van der Waals surface area contributed by atoms with Crippen LogP contribution in [-0.4, -0.2) is 10.2 Å². The molecule has 1 saturated carbocycles. The molecule has 0 spiro atoms. The molecule has 1 aromatic rings. The third-order valence-corrected chi connectivity index (χ3v) is 4.23. The van der Waals surface area contributed by atoms with Crippen molar-refractivity contribution in [3.63, 3.8) is 0 Å². The first-order valence-corrected chi connectivity index (χ1v) is 7.34. The average Bonchev–Trinajstić information content (AvgIpc) is 2.37. The van der Waals surface area contributed by atoms with Crippen LogP contribution < -0.4 is 0 Å². The van der Waals surface area contributed by atoms with Gasteiger partial charge in [-0.15, -0.1) is 0 Å². The SMILES string of the molecule is OC(O)(Br)c1ccc(C2CCCCC2)c(C(F)(F)F)c1. The Morgan fingerprint density at radius 2 is 1.65 bits per heavy atom. The second-order valence-electron chi connectivity index (χ2n) is 5.22. The largest absolute Gasteiger partial charge is 0.416 e. The molecule has 2 N–H and O–H groups in total. The molecule has 0 heterocycles. The minimum Gasteiger partial charge on any atom is -0.353 e. The maximum Gasteiger partial charge on any atom is 0.416 e. The van der Waals surface area contributed by atoms with Crippen LogP contribution in [0.25, 0.3) is 0 Å². The van der Waals surface area contributed by atoms with Gasteiger partial charge in [0, 0.05) is 5.56 Å². The Labute approximate surface area is 123 Å². The van der Waals surface area contributed by atoms with Gasteiger partial charge in [-0.25, -0.2) is 0 Å². The van der Waals surface area contributed by atoms with Gasteiger partial charge in [-0.3, -0.25) is 0 Å². The molecule has 0 atom stereocenters. The summed E-state index contributed by atoms with van der Waals surface area (Å²) in [6.45, 7) is 0. The smallest absolute Gasteiger partial charge is 0.353 e. The fraction of sp³-hybridized carbons (Fsp3) is 0.571. The van der Waals surface area contributed by atoms with Crippen LogP contribution in [0.1, 0.15) is 54.7 Å². The predicted molar refractivity (Wildman–Crippen MR) is 72.3 cm³/mol. The van der Waals surface area contributed by atoms with E-state index in [1.165, 1.54) is 12.1 Å². The van der Waals surface area contributed by atoms with Crippen molar-refractivity contribution in [2.24, 2.45) is 0 Å². The van der Waals surface area contributed by atoms with Crippen molar-refractivity contribution in [3.8, 4) is 0 Å². The summed E-state index contributed by atoms with van der Waals surface area (Å²) in [5.74, 6) is -0.100. The summed E-state index contributed by atoms with van der Waals surface area (Å²) in [5.41, 5.74) is -0.726. The molecule has 0 saturated heterocycles. The van der Waals surface area contributed by atoms with Crippen LogP contribution in [0.5, 0.6) is 0 Å². The number of rotatable bonds is 2. The maximum atomic E-state index is 13.2. The topological polar surface area (TPSA) is 40.5 Å². The van der Waals surface area contributed by atoms with Crippen LogP contribution in [0, 0.1) is 0 Å². The van der Waals surface area contributed by atoms with E-state index in [2.05, 4.69) is 15.9 Å². The van der Waals surface area contributed by atoms with Crippen molar-refractivity contribution in [1.82, 2.24) is 0 Å². The highest BCUT2D eigenvalue weighted by molar-refractivity contribution is 9.09. The standard InChI is InChI=1S/C14H16BrF3O2/c15-13(19,20)10-6-7-11(9-4-2-1-3-5-9)12(8-10)14(16,17)18/h6-9,19-20H,1-5H2. The van der Waals surface area contributed by atoms with Gasteiger partial charge in [0.2, 0.25) is 4.70 Å². The summed E-state index contributed by atoms with van der Waals surface area (Å²) in [5, 5.41) is 18.8. The van der Waals surface area contributed by atoms with Crippen molar-refractivity contribution in [1.29, 1.82) is 0 Å². The summed E-state index contributed by atoms with van der Waals surface area (Å²) < 4.78 is 37.1. The van der Waals surface area contributed by atoms with Crippen LogP contribution in [-0.2, 0) is 10.9 Å². The number of hydrogen-bond donors (Lipinski definition) is 2. The lowest BCUT2D eigenvalue weighted by Crippen LogP contribution is -2.19. The van der Waals surface area contributed by atoms with Gasteiger partial charge in [0.15, 0.2) is 0 Å². The molecule has 0 amide bonds. The zero-order chi connectivity index (χ0) is 15.0. The number of alkyl halides is 4. The molecular formula is C14H16BrF3O2. The van der Waals surface area contributed by atoms with E-state index < -0.39 is 16.4 Å². The predicted octanol–water partition coefficient (Wildman–Crippen LogP) is 4.24. The van der Waals surface area contributed by atoms with Gasteiger partial charge in [0.05, 0.1) is 5.56 Å². The van der Waals surface area contributed by atoms with E-state index in [0.29, 0.717) is 0 Å². The number of halogens is 4. The van der Waals surface area contributed by atoms with Gasteiger partial charge < -0.3 is 10.2 Å². The Hall–Kier alpha value is -0.590. The lowest BCUT2D eigenvalue weighted by atomic mass is 9.81. The van der Waals surface area contributed by atoms with Gasteiger partial charge >= 0.3 is 6.18 Å². The van der Waals surface area contributed by atoms with Crippen molar-refractivity contribution < 1.29 is 23.4 Å². The second kappa shape index (κ2) is 5.66. The van der Waals surface area contributed by atoms with Crippen molar-refractivity contribution >= 4 is 15.9 Å². The minimum atomic E-state index is -4.50. The normalized spacial score (nSPS) is 18.3. The van der Waals surface area contributed by atoms with E-state index in [9.17, 15) is 23.4 Å². The van der Waals surface area contributed by atoms with Gasteiger partial charge in [-0.05, 0) is 46.3 Å². The van der Waals surface area contributed by atoms with Gasteiger partial charge in [-0.2, -0.15) is 13.2 Å². The van der Waals surface area contributed by atoms with Crippen molar-refractivity contribution in [2.75, 3.05) is 0 Å². The van der Waals surface area contributed by atoms with Crippen LogP contribution in [0.2, 0.25) is 0 Å². The molecule has 0 aromatic heterocycles. The van der Waals surface area contributed by atoms with Gasteiger partial charge in [0.25, 0.3) is 0 Å². The number of benzene rings is 1. The molecular weight excluding hydrogens is 337 g/mol. The summed E-state index contributed by atoms with van der Waals surface area (Å²) in [4.78, 5) is 0. The fourth-order valence-corrected chi connectivity index (χ4v) is 3.02. The highest BCUT2D eigenvalue weighted by Gasteiger charge is 2.37. The Kier molecular flexibility index (Phi) is 4.47. The van der Waals surface area contributed by atoms with Crippen molar-refractivity contribution in [2.45, 2.75) is 48.9 Å². The van der Waals surface area contributed by atoms with E-state index in [4.69, 9.17) is 0 Å². The van der Waals surface area contributed by atoms with E-state index in [1.807, 2.05) is 0 Å². The zero-order valence-corrected chi connectivity index (χ0v) is 12.3. The molecule has 1 aliphatic rings. The lowest BCUT2D eigenvalue weighted by Gasteiger charge is -2.26. The summed E-state index contributed by atoms with van der Waals surface area (Å²) in [6.07, 6.45) is -0.0623. The Bertz CT molecular complexity index is 474. The third-order valence-electron chi connectivity index (χ3n) is 3.77. The molecule has 2 nitrogen and oxygen atoms in total. The van der Waals surface area contributed by atoms with E-state index >= 15 is 0 Å². The van der Waals surface area contributed by atoms with Crippen molar-refractivity contribution in [3.05, 3.63) is 34.9 Å². The van der Waals surface area contributed by atoms with E-state index in [-0.39, 0.29) is 17.0 Å². The molecule has 0 bridgehead atoms. The molecule has 0 aliphatic heterocycles. The van der Waals surface area contributed by atoms with E-state index in [0.717, 1.165) is 38.2 Å². The number of hydrogen-bond acceptors (Lipinski definition) is 2. The molecule has 6 heteroatoms. The minimum absolute atomic E-state index is 0.100. The lowest BCUT2D eigenvalue weighted by molar-refractivity contribution is -0.138. The highest BCUT2D eigenvalue weighted by atomic mass is 79.9. The van der Waals surface area contributed by atoms with Crippen LogP contribution >= 0.6 is 15.9 Å². The van der Waals surface area contributed by atoms with Crippen LogP contribution in [0.3, 0.4) is 0 Å². The maximum absolute atomic E-state index is 13.2. The fourth-order valence-electron chi connectivity index (χ4n) is 2.77. The van der Waals surface area contributed by atoms with Crippen LogP contribution in [0.15, 0.2) is 18.2 Å². The molecule has 1 aromatic carbocycles. The molecule has 2 rings (SSSR count). The highest BCUT2D eigenvalue weighted by Crippen LogP contribution is 2.42. The summed E-state index contributed by atoms with van der Waals surface area (Å²) in [7, 11) is 0. The molecule has 1 fully saturated rings. The first-order chi connectivity index (χ1) is 9.19. The first kappa shape index (κ1) is 15.8. The number of aliphatic hydroxyl groups is 2.